The van der Waals surface area contributed by atoms with Gasteiger partial charge >= 0.3 is 0 Å². The highest BCUT2D eigenvalue weighted by Gasteiger charge is 2.37. The lowest BCUT2D eigenvalue weighted by atomic mass is 10.1. The molecule has 1 saturated carbocycles. The minimum Gasteiger partial charge on any atom is -0.384 e. The molecular formula is C22H22F2N4O5S2. The third-order valence-corrected chi connectivity index (χ3v) is 8.40. The van der Waals surface area contributed by atoms with Crippen LogP contribution in [-0.4, -0.2) is 62.3 Å². The second-order valence-corrected chi connectivity index (χ2v) is 11.3. The number of aromatic nitrogens is 2. The number of nitrogens with one attached hydrogen (secondary N) is 2. The maximum Gasteiger partial charge on any atom is 0.245 e. The molecule has 1 aromatic carbocycles. The predicted octanol–water partition coefficient (Wildman–Crippen LogP) is 2.13. The van der Waals surface area contributed by atoms with Crippen LogP contribution in [-0.2, 0) is 24.2 Å². The van der Waals surface area contributed by atoms with E-state index < -0.39 is 51.0 Å². The molecule has 1 aliphatic carbocycles. The Morgan fingerprint density at radius 1 is 1.29 bits per heavy atom. The molecule has 0 radical (unpaired) electrons. The van der Waals surface area contributed by atoms with E-state index in [1.54, 1.807) is 0 Å². The SMILES string of the molecule is COCCS(=O)(=O)C(C(=O)NCC(=O)NC1CC1)c1nc2c(F)cc(-c3cccnc3F)cc2s1. The van der Waals surface area contributed by atoms with Crippen molar-refractivity contribution in [3.8, 4) is 11.1 Å². The zero-order valence-corrected chi connectivity index (χ0v) is 20.2. The van der Waals surface area contributed by atoms with E-state index in [1.807, 2.05) is 0 Å². The lowest BCUT2D eigenvalue weighted by Gasteiger charge is -2.15. The Kier molecular flexibility index (Phi) is 7.38. The number of methoxy groups -OCH3 is 1. The summed E-state index contributed by atoms with van der Waals surface area (Å²) < 4.78 is 60.2. The van der Waals surface area contributed by atoms with Gasteiger partial charge < -0.3 is 15.4 Å². The number of fused-ring (bicyclic) bond motifs is 1. The first-order valence-corrected chi connectivity index (χ1v) is 13.2. The van der Waals surface area contributed by atoms with Gasteiger partial charge in [-0.1, -0.05) is 0 Å². The van der Waals surface area contributed by atoms with Crippen molar-refractivity contribution >= 4 is 43.2 Å². The van der Waals surface area contributed by atoms with E-state index in [4.69, 9.17) is 4.74 Å². The number of carbonyl (C=O) groups excluding carboxylic acids is 2. The molecule has 0 spiro atoms. The van der Waals surface area contributed by atoms with Gasteiger partial charge in [-0.05, 0) is 42.7 Å². The molecule has 2 amide bonds. The van der Waals surface area contributed by atoms with Crippen LogP contribution in [0.3, 0.4) is 0 Å². The number of sulfone groups is 1. The van der Waals surface area contributed by atoms with Gasteiger partial charge in [-0.15, -0.1) is 11.3 Å². The van der Waals surface area contributed by atoms with Gasteiger partial charge in [0.1, 0.15) is 10.5 Å². The van der Waals surface area contributed by atoms with Crippen molar-refractivity contribution in [2.24, 2.45) is 0 Å². The standard InChI is InChI=1S/C22H22F2N4O5S2/c1-33-7-8-35(31,32)19(21(30)26-11-17(29)27-13-4-5-13)22-28-18-15(23)9-12(10-16(18)34-22)14-3-2-6-25-20(14)24/h2-3,6,9-10,13,19H,4-5,7-8,11H2,1H3,(H,26,30)(H,27,29). The van der Waals surface area contributed by atoms with E-state index in [-0.39, 0.29) is 39.0 Å². The number of hydrogen-bond donors (Lipinski definition) is 2. The van der Waals surface area contributed by atoms with Crippen LogP contribution >= 0.6 is 11.3 Å². The second kappa shape index (κ2) is 10.3. The molecule has 3 aromatic rings. The number of halogens is 2. The van der Waals surface area contributed by atoms with Gasteiger partial charge in [0.2, 0.25) is 17.8 Å². The number of ether oxygens (including phenoxy) is 1. The summed E-state index contributed by atoms with van der Waals surface area (Å²) in [6.07, 6.45) is 2.98. The summed E-state index contributed by atoms with van der Waals surface area (Å²) in [4.78, 5) is 32.6. The third kappa shape index (κ3) is 5.80. The molecule has 2 aromatic heterocycles. The molecule has 1 fully saturated rings. The Balaban J connectivity index is 1.68. The van der Waals surface area contributed by atoms with Crippen LogP contribution in [0.15, 0.2) is 30.5 Å². The van der Waals surface area contributed by atoms with Crippen LogP contribution in [0, 0.1) is 11.8 Å². The van der Waals surface area contributed by atoms with Crippen LogP contribution in [0.25, 0.3) is 21.3 Å². The summed E-state index contributed by atoms with van der Waals surface area (Å²) >= 11 is 0.802. The molecule has 0 aliphatic heterocycles. The van der Waals surface area contributed by atoms with Gasteiger partial charge in [0.15, 0.2) is 20.9 Å². The number of pyridine rings is 1. The van der Waals surface area contributed by atoms with Crippen molar-refractivity contribution in [2.75, 3.05) is 26.0 Å². The first-order chi connectivity index (χ1) is 16.7. The molecule has 35 heavy (non-hydrogen) atoms. The minimum atomic E-state index is -4.14. The molecule has 0 saturated heterocycles. The van der Waals surface area contributed by atoms with Crippen molar-refractivity contribution in [1.82, 2.24) is 20.6 Å². The van der Waals surface area contributed by atoms with E-state index >= 15 is 0 Å². The van der Waals surface area contributed by atoms with E-state index in [2.05, 4.69) is 20.6 Å². The highest BCUT2D eigenvalue weighted by atomic mass is 32.2. The van der Waals surface area contributed by atoms with E-state index in [9.17, 15) is 26.8 Å². The maximum absolute atomic E-state index is 14.9. The van der Waals surface area contributed by atoms with Crippen LogP contribution in [0.5, 0.6) is 0 Å². The summed E-state index contributed by atoms with van der Waals surface area (Å²) in [6.45, 7) is -0.576. The van der Waals surface area contributed by atoms with Crippen molar-refractivity contribution < 1.29 is 31.5 Å². The number of nitrogens with zero attached hydrogens (tertiary/aromatic N) is 2. The highest BCUT2D eigenvalue weighted by molar-refractivity contribution is 7.92. The van der Waals surface area contributed by atoms with Gasteiger partial charge in [-0.3, -0.25) is 9.59 Å². The second-order valence-electron chi connectivity index (χ2n) is 8.00. The first kappa shape index (κ1) is 25.1. The number of carbonyl (C=O) groups is 2. The normalized spacial score (nSPS) is 14.6. The summed E-state index contributed by atoms with van der Waals surface area (Å²) in [5.41, 5.74) is 0.104. The molecule has 2 N–H and O–H groups in total. The quantitative estimate of drug-likeness (QED) is 0.389. The Morgan fingerprint density at radius 3 is 2.74 bits per heavy atom. The fourth-order valence-corrected chi connectivity index (χ4v) is 6.38. The van der Waals surface area contributed by atoms with Crippen molar-refractivity contribution in [2.45, 2.75) is 24.1 Å². The monoisotopic (exact) mass is 524 g/mol. The molecule has 186 valence electrons. The number of hydrogen-bond acceptors (Lipinski definition) is 8. The molecule has 2 heterocycles. The van der Waals surface area contributed by atoms with Crippen LogP contribution in [0.1, 0.15) is 23.1 Å². The molecule has 9 nitrogen and oxygen atoms in total. The molecule has 13 heteroatoms. The van der Waals surface area contributed by atoms with Crippen LogP contribution in [0.4, 0.5) is 8.78 Å². The summed E-state index contributed by atoms with van der Waals surface area (Å²) in [5, 5.41) is 3.10. The fraction of sp³-hybridized carbons (Fsp3) is 0.364. The molecular weight excluding hydrogens is 502 g/mol. The molecule has 0 bridgehead atoms. The number of thiazole rings is 1. The maximum atomic E-state index is 14.9. The zero-order valence-electron chi connectivity index (χ0n) is 18.6. The molecule has 1 aliphatic rings. The van der Waals surface area contributed by atoms with Gasteiger partial charge in [0, 0.05) is 24.9 Å². The molecule has 1 unspecified atom stereocenters. The van der Waals surface area contributed by atoms with Gasteiger partial charge in [-0.2, -0.15) is 4.39 Å². The fourth-order valence-electron chi connectivity index (χ4n) is 3.39. The Bertz CT molecular complexity index is 1380. The van der Waals surface area contributed by atoms with Crippen molar-refractivity contribution in [3.05, 3.63) is 47.2 Å². The molecule has 4 rings (SSSR count). The van der Waals surface area contributed by atoms with Gasteiger partial charge in [-0.25, -0.2) is 22.8 Å². The first-order valence-electron chi connectivity index (χ1n) is 10.7. The summed E-state index contributed by atoms with van der Waals surface area (Å²) in [5.74, 6) is -3.47. The van der Waals surface area contributed by atoms with E-state index in [0.29, 0.717) is 0 Å². The number of rotatable bonds is 10. The van der Waals surface area contributed by atoms with Gasteiger partial charge in [0.25, 0.3) is 0 Å². The van der Waals surface area contributed by atoms with Crippen molar-refractivity contribution in [1.29, 1.82) is 0 Å². The Hall–Kier alpha value is -3.03. The lowest BCUT2D eigenvalue weighted by molar-refractivity contribution is -0.126. The Morgan fingerprint density at radius 2 is 2.06 bits per heavy atom. The average Bonchev–Trinajstić information content (AvgIpc) is 3.52. The zero-order chi connectivity index (χ0) is 25.2. The van der Waals surface area contributed by atoms with Crippen molar-refractivity contribution in [3.63, 3.8) is 0 Å². The Labute approximate surface area is 203 Å². The number of benzene rings is 1. The molecule has 1 atom stereocenters. The predicted molar refractivity (Wildman–Crippen MR) is 125 cm³/mol. The minimum absolute atomic E-state index is 0.0620. The largest absolute Gasteiger partial charge is 0.384 e. The van der Waals surface area contributed by atoms with Gasteiger partial charge in [0.05, 0.1) is 23.6 Å². The topological polar surface area (TPSA) is 127 Å². The third-order valence-electron chi connectivity index (χ3n) is 5.29. The van der Waals surface area contributed by atoms with E-state index in [1.165, 1.54) is 31.5 Å². The number of amides is 2. The summed E-state index contributed by atoms with van der Waals surface area (Å²) in [7, 11) is -2.82. The summed E-state index contributed by atoms with van der Waals surface area (Å²) in [6, 6.07) is 5.54. The van der Waals surface area contributed by atoms with Crippen LogP contribution < -0.4 is 10.6 Å². The smallest absolute Gasteiger partial charge is 0.245 e. The average molecular weight is 525 g/mol. The van der Waals surface area contributed by atoms with Crippen LogP contribution in [0.2, 0.25) is 0 Å². The highest BCUT2D eigenvalue weighted by Crippen LogP contribution is 2.35. The lowest BCUT2D eigenvalue weighted by Crippen LogP contribution is -2.42. The van der Waals surface area contributed by atoms with E-state index in [0.717, 1.165) is 30.2 Å².